The van der Waals surface area contributed by atoms with Crippen LogP contribution in [0.4, 0.5) is 11.5 Å². The van der Waals surface area contributed by atoms with Gasteiger partial charge in [-0.05, 0) is 48.8 Å². The molecule has 0 spiro atoms. The highest BCUT2D eigenvalue weighted by atomic mass is 15.2. The average Bonchev–Trinajstić information content (AvgIpc) is 2.95. The zero-order valence-electron chi connectivity index (χ0n) is 23.3. The van der Waals surface area contributed by atoms with E-state index < -0.39 is 0 Å². The van der Waals surface area contributed by atoms with Gasteiger partial charge >= 0.3 is 0 Å². The van der Waals surface area contributed by atoms with Crippen molar-refractivity contribution < 1.29 is 0 Å². The first-order valence-electron chi connectivity index (χ1n) is 14.5. The number of pyridine rings is 1. The van der Waals surface area contributed by atoms with Gasteiger partial charge in [0.1, 0.15) is 5.82 Å². The number of fused-ring (bicyclic) bond motifs is 1. The van der Waals surface area contributed by atoms with Crippen LogP contribution in [0.2, 0.25) is 0 Å². The molecule has 39 heavy (non-hydrogen) atoms. The van der Waals surface area contributed by atoms with Gasteiger partial charge in [-0.25, -0.2) is 4.98 Å². The Bertz CT molecular complexity index is 1300. The van der Waals surface area contributed by atoms with Gasteiger partial charge < -0.3 is 15.5 Å². The number of hydrogen-bond acceptors (Lipinski definition) is 5. The standard InChI is InChI=1S/C34H41N5/c1-38(2)32-21-33(37-31-16-10-9-15-30(31)32)36-29-19-17-28(18-20-29)35-22-25-23-39(24-25)34(26-11-5-3-6-12-26)27-13-7-4-8-14-27/h3-16,21,25,28-29,34-35H,17-20,22-24H2,1-2H3,(H,36,37). The maximum absolute atomic E-state index is 4.92. The lowest BCUT2D eigenvalue weighted by Gasteiger charge is -2.45. The Morgan fingerprint density at radius 2 is 1.38 bits per heavy atom. The molecular weight excluding hydrogens is 478 g/mol. The van der Waals surface area contributed by atoms with Gasteiger partial charge in [-0.2, -0.15) is 0 Å². The van der Waals surface area contributed by atoms with Crippen LogP contribution in [-0.4, -0.2) is 55.7 Å². The molecular formula is C34H41N5. The molecule has 2 aliphatic rings. The molecule has 2 fully saturated rings. The van der Waals surface area contributed by atoms with Gasteiger partial charge in [0.25, 0.3) is 0 Å². The number of rotatable bonds is 9. The Labute approximate surface area is 233 Å². The molecule has 2 heterocycles. The summed E-state index contributed by atoms with van der Waals surface area (Å²) < 4.78 is 0. The van der Waals surface area contributed by atoms with E-state index in [1.807, 2.05) is 0 Å². The molecule has 1 aromatic heterocycles. The molecule has 3 aromatic carbocycles. The summed E-state index contributed by atoms with van der Waals surface area (Å²) in [6.07, 6.45) is 4.81. The molecule has 6 rings (SSSR count). The predicted octanol–water partition coefficient (Wildman–Crippen LogP) is 6.33. The van der Waals surface area contributed by atoms with E-state index in [0.717, 1.165) is 36.9 Å². The zero-order chi connectivity index (χ0) is 26.6. The highest BCUT2D eigenvalue weighted by molar-refractivity contribution is 5.93. The van der Waals surface area contributed by atoms with E-state index in [1.54, 1.807) is 0 Å². The van der Waals surface area contributed by atoms with Gasteiger partial charge in [0.05, 0.1) is 11.6 Å². The van der Waals surface area contributed by atoms with Crippen LogP contribution in [0.3, 0.4) is 0 Å². The second-order valence-corrected chi connectivity index (χ2v) is 11.6. The fourth-order valence-corrected chi connectivity index (χ4v) is 6.42. The molecule has 0 bridgehead atoms. The summed E-state index contributed by atoms with van der Waals surface area (Å²) in [4.78, 5) is 9.73. The second-order valence-electron chi connectivity index (χ2n) is 11.6. The van der Waals surface area contributed by atoms with Crippen LogP contribution < -0.4 is 15.5 Å². The molecule has 0 amide bonds. The molecule has 0 radical (unpaired) electrons. The van der Waals surface area contributed by atoms with E-state index >= 15 is 0 Å². The zero-order valence-corrected chi connectivity index (χ0v) is 23.3. The monoisotopic (exact) mass is 519 g/mol. The van der Waals surface area contributed by atoms with Gasteiger partial charge in [-0.3, -0.25) is 4.90 Å². The number of aromatic nitrogens is 1. The highest BCUT2D eigenvalue weighted by Crippen LogP contribution is 2.34. The van der Waals surface area contributed by atoms with E-state index in [2.05, 4.69) is 126 Å². The van der Waals surface area contributed by atoms with Crippen molar-refractivity contribution in [2.75, 3.05) is 43.9 Å². The third-order valence-corrected chi connectivity index (χ3v) is 8.53. The quantitative estimate of drug-likeness (QED) is 0.270. The molecule has 5 heteroatoms. The third-order valence-electron chi connectivity index (χ3n) is 8.53. The van der Waals surface area contributed by atoms with E-state index in [-0.39, 0.29) is 0 Å². The van der Waals surface area contributed by atoms with E-state index in [1.165, 1.54) is 47.9 Å². The van der Waals surface area contributed by atoms with Crippen LogP contribution in [0.25, 0.3) is 10.9 Å². The van der Waals surface area contributed by atoms with Crippen LogP contribution in [0.1, 0.15) is 42.9 Å². The SMILES string of the molecule is CN(C)c1cc(NC2CCC(NCC3CN(C(c4ccccc4)c4ccccc4)C3)CC2)nc2ccccc12. The second kappa shape index (κ2) is 11.8. The molecule has 1 aliphatic carbocycles. The molecule has 1 saturated heterocycles. The molecule has 4 aromatic rings. The number of para-hydroxylation sites is 1. The van der Waals surface area contributed by atoms with E-state index in [9.17, 15) is 0 Å². The maximum Gasteiger partial charge on any atom is 0.128 e. The number of likely N-dealkylation sites (tertiary alicyclic amines) is 1. The normalized spacial score (nSPS) is 20.2. The number of benzene rings is 3. The van der Waals surface area contributed by atoms with Crippen molar-refractivity contribution in [1.29, 1.82) is 0 Å². The highest BCUT2D eigenvalue weighted by Gasteiger charge is 2.34. The van der Waals surface area contributed by atoms with E-state index in [0.29, 0.717) is 18.1 Å². The first kappa shape index (κ1) is 25.8. The number of hydrogen-bond donors (Lipinski definition) is 2. The molecule has 2 N–H and O–H groups in total. The van der Waals surface area contributed by atoms with Crippen LogP contribution in [-0.2, 0) is 0 Å². The van der Waals surface area contributed by atoms with Crippen LogP contribution >= 0.6 is 0 Å². The van der Waals surface area contributed by atoms with Crippen molar-refractivity contribution in [2.24, 2.45) is 5.92 Å². The topological polar surface area (TPSA) is 43.4 Å². The molecule has 0 atom stereocenters. The van der Waals surface area contributed by atoms with Gasteiger partial charge in [-0.15, -0.1) is 0 Å². The minimum absolute atomic E-state index is 0.349. The lowest BCUT2D eigenvalue weighted by Crippen LogP contribution is -2.53. The number of anilines is 2. The number of nitrogens with zero attached hydrogens (tertiary/aromatic N) is 3. The Hall–Kier alpha value is -3.41. The minimum atomic E-state index is 0.349. The Morgan fingerprint density at radius 3 is 2.03 bits per heavy atom. The van der Waals surface area contributed by atoms with Crippen molar-refractivity contribution in [1.82, 2.24) is 15.2 Å². The summed E-state index contributed by atoms with van der Waals surface area (Å²) in [5, 5.41) is 8.87. The summed E-state index contributed by atoms with van der Waals surface area (Å²) >= 11 is 0. The Morgan fingerprint density at radius 1 is 0.795 bits per heavy atom. The van der Waals surface area contributed by atoms with Gasteiger partial charge in [-0.1, -0.05) is 78.9 Å². The minimum Gasteiger partial charge on any atom is -0.377 e. The van der Waals surface area contributed by atoms with Crippen molar-refractivity contribution in [3.63, 3.8) is 0 Å². The average molecular weight is 520 g/mol. The van der Waals surface area contributed by atoms with Gasteiger partial charge in [0.2, 0.25) is 0 Å². The summed E-state index contributed by atoms with van der Waals surface area (Å²) in [6, 6.07) is 34.0. The summed E-state index contributed by atoms with van der Waals surface area (Å²) in [6.45, 7) is 3.42. The first-order valence-corrected chi connectivity index (χ1v) is 14.5. The number of nitrogens with one attached hydrogen (secondary N) is 2. The third kappa shape index (κ3) is 5.95. The fraction of sp³-hybridized carbons (Fsp3) is 0.382. The van der Waals surface area contributed by atoms with Crippen molar-refractivity contribution in [3.05, 3.63) is 102 Å². The van der Waals surface area contributed by atoms with Crippen molar-refractivity contribution >= 4 is 22.4 Å². The Kier molecular flexibility index (Phi) is 7.80. The molecule has 1 saturated carbocycles. The van der Waals surface area contributed by atoms with Crippen molar-refractivity contribution in [3.8, 4) is 0 Å². The van der Waals surface area contributed by atoms with Crippen LogP contribution in [0.5, 0.6) is 0 Å². The molecule has 1 aliphatic heterocycles. The smallest absolute Gasteiger partial charge is 0.128 e. The maximum atomic E-state index is 4.92. The predicted molar refractivity (Wildman–Crippen MR) is 164 cm³/mol. The van der Waals surface area contributed by atoms with Gasteiger partial charge in [0, 0.05) is 63.0 Å². The lowest BCUT2D eigenvalue weighted by molar-refractivity contribution is 0.0656. The lowest BCUT2D eigenvalue weighted by atomic mass is 9.88. The van der Waals surface area contributed by atoms with Gasteiger partial charge in [0.15, 0.2) is 0 Å². The Balaban J connectivity index is 0.987. The summed E-state index contributed by atoms with van der Waals surface area (Å²) in [7, 11) is 4.21. The summed E-state index contributed by atoms with van der Waals surface area (Å²) in [5.41, 5.74) is 5.05. The van der Waals surface area contributed by atoms with E-state index in [4.69, 9.17) is 4.98 Å². The van der Waals surface area contributed by atoms with Crippen LogP contribution in [0, 0.1) is 5.92 Å². The van der Waals surface area contributed by atoms with Crippen LogP contribution in [0.15, 0.2) is 91.0 Å². The molecule has 0 unspecified atom stereocenters. The molecule has 5 nitrogen and oxygen atoms in total. The summed E-state index contributed by atoms with van der Waals surface area (Å²) in [5.74, 6) is 1.72. The van der Waals surface area contributed by atoms with Crippen molar-refractivity contribution in [2.45, 2.75) is 43.8 Å². The first-order chi connectivity index (χ1) is 19.1. The largest absolute Gasteiger partial charge is 0.377 e. The fourth-order valence-electron chi connectivity index (χ4n) is 6.42. The molecule has 202 valence electrons.